The highest BCUT2D eigenvalue weighted by atomic mass is 35.5. The standard InChI is InChI=1S/C18H21ClN2O3/c1-11(22)12-6-7-15(14(19)8-12)24-16-9-13(10-23-5)20-17(21-16)18(2,3)4/h6-9H,10H2,1-5H3. The maximum atomic E-state index is 11.4. The van der Waals surface area contributed by atoms with Crippen molar-refractivity contribution < 1.29 is 14.3 Å². The number of hydrogen-bond acceptors (Lipinski definition) is 5. The van der Waals surface area contributed by atoms with Crippen LogP contribution in [0.25, 0.3) is 0 Å². The van der Waals surface area contributed by atoms with Crippen LogP contribution < -0.4 is 4.74 Å². The largest absolute Gasteiger partial charge is 0.437 e. The average Bonchev–Trinajstić information content (AvgIpc) is 2.48. The Balaban J connectivity index is 2.38. The second-order valence-electron chi connectivity index (χ2n) is 6.51. The summed E-state index contributed by atoms with van der Waals surface area (Å²) in [5.41, 5.74) is 1.03. The fourth-order valence-electron chi connectivity index (χ4n) is 2.00. The Bertz CT molecular complexity index is 754. The first-order valence-corrected chi connectivity index (χ1v) is 7.94. The first-order chi connectivity index (χ1) is 11.2. The first kappa shape index (κ1) is 18.4. The van der Waals surface area contributed by atoms with Crippen LogP contribution in [-0.4, -0.2) is 22.9 Å². The van der Waals surface area contributed by atoms with Crippen LogP contribution in [0.5, 0.6) is 11.6 Å². The van der Waals surface area contributed by atoms with E-state index in [0.717, 1.165) is 5.69 Å². The van der Waals surface area contributed by atoms with Crippen molar-refractivity contribution in [3.8, 4) is 11.6 Å². The van der Waals surface area contributed by atoms with E-state index >= 15 is 0 Å². The third-order valence-electron chi connectivity index (χ3n) is 3.27. The van der Waals surface area contributed by atoms with Crippen LogP contribution in [0, 0.1) is 0 Å². The topological polar surface area (TPSA) is 61.3 Å². The van der Waals surface area contributed by atoms with Crippen molar-refractivity contribution in [2.75, 3.05) is 7.11 Å². The van der Waals surface area contributed by atoms with Crippen LogP contribution in [0.1, 0.15) is 49.6 Å². The molecule has 5 nitrogen and oxygen atoms in total. The van der Waals surface area contributed by atoms with Crippen molar-refractivity contribution in [2.24, 2.45) is 0 Å². The number of carbonyl (C=O) groups excluding carboxylic acids is 1. The Morgan fingerprint density at radius 3 is 2.46 bits per heavy atom. The van der Waals surface area contributed by atoms with E-state index in [1.807, 2.05) is 20.8 Å². The van der Waals surface area contributed by atoms with Gasteiger partial charge in [-0.15, -0.1) is 0 Å². The van der Waals surface area contributed by atoms with Gasteiger partial charge in [0.2, 0.25) is 5.88 Å². The molecule has 0 bridgehead atoms. The van der Waals surface area contributed by atoms with Crippen LogP contribution in [0.2, 0.25) is 5.02 Å². The van der Waals surface area contributed by atoms with Gasteiger partial charge in [-0.1, -0.05) is 32.4 Å². The molecule has 0 spiro atoms. The Morgan fingerprint density at radius 2 is 1.92 bits per heavy atom. The zero-order valence-electron chi connectivity index (χ0n) is 14.5. The summed E-state index contributed by atoms with van der Waals surface area (Å²) < 4.78 is 11.0. The third kappa shape index (κ3) is 4.52. The number of halogens is 1. The fourth-order valence-corrected chi connectivity index (χ4v) is 2.22. The molecule has 1 aromatic heterocycles. The first-order valence-electron chi connectivity index (χ1n) is 7.56. The van der Waals surface area contributed by atoms with Gasteiger partial charge in [0.15, 0.2) is 5.78 Å². The molecule has 0 amide bonds. The van der Waals surface area contributed by atoms with Crippen molar-refractivity contribution in [3.05, 3.63) is 46.4 Å². The van der Waals surface area contributed by atoms with Crippen molar-refractivity contribution in [1.29, 1.82) is 0 Å². The molecule has 0 radical (unpaired) electrons. The van der Waals surface area contributed by atoms with E-state index in [4.69, 9.17) is 21.1 Å². The molecule has 0 fully saturated rings. The molecule has 6 heteroatoms. The highest BCUT2D eigenvalue weighted by molar-refractivity contribution is 6.32. The zero-order valence-corrected chi connectivity index (χ0v) is 15.3. The predicted octanol–water partition coefficient (Wildman–Crippen LogP) is 4.57. The lowest BCUT2D eigenvalue weighted by Crippen LogP contribution is -2.17. The van der Waals surface area contributed by atoms with Gasteiger partial charge in [0, 0.05) is 24.2 Å². The molecule has 128 valence electrons. The van der Waals surface area contributed by atoms with E-state index < -0.39 is 0 Å². The number of carbonyl (C=O) groups is 1. The summed E-state index contributed by atoms with van der Waals surface area (Å²) in [6.45, 7) is 7.92. The monoisotopic (exact) mass is 348 g/mol. The SMILES string of the molecule is COCc1cc(Oc2ccc(C(C)=O)cc2Cl)nc(C(C)(C)C)n1. The summed E-state index contributed by atoms with van der Waals surface area (Å²) in [5.74, 6) is 1.43. The van der Waals surface area contributed by atoms with Crippen molar-refractivity contribution in [2.45, 2.75) is 39.7 Å². The van der Waals surface area contributed by atoms with Gasteiger partial charge in [0.05, 0.1) is 17.3 Å². The zero-order chi connectivity index (χ0) is 17.9. The van der Waals surface area contributed by atoms with E-state index in [1.165, 1.54) is 6.92 Å². The summed E-state index contributed by atoms with van der Waals surface area (Å²) in [5, 5.41) is 0.354. The van der Waals surface area contributed by atoms with Gasteiger partial charge < -0.3 is 9.47 Å². The van der Waals surface area contributed by atoms with Gasteiger partial charge in [0.1, 0.15) is 11.6 Å². The number of rotatable bonds is 5. The molecular weight excluding hydrogens is 328 g/mol. The lowest BCUT2D eigenvalue weighted by atomic mass is 9.95. The smallest absolute Gasteiger partial charge is 0.222 e. The van der Waals surface area contributed by atoms with Gasteiger partial charge >= 0.3 is 0 Å². The maximum absolute atomic E-state index is 11.4. The summed E-state index contributed by atoms with van der Waals surface area (Å²) in [6, 6.07) is 6.63. The summed E-state index contributed by atoms with van der Waals surface area (Å²) >= 11 is 6.21. The van der Waals surface area contributed by atoms with Crippen LogP contribution in [0.15, 0.2) is 24.3 Å². The summed E-state index contributed by atoms with van der Waals surface area (Å²) in [6.07, 6.45) is 0. The van der Waals surface area contributed by atoms with E-state index in [9.17, 15) is 4.79 Å². The summed E-state index contributed by atoms with van der Waals surface area (Å²) in [4.78, 5) is 20.4. The van der Waals surface area contributed by atoms with Gasteiger partial charge in [0.25, 0.3) is 0 Å². The van der Waals surface area contributed by atoms with Gasteiger partial charge in [-0.2, -0.15) is 4.98 Å². The molecule has 0 N–H and O–H groups in total. The second kappa shape index (κ2) is 7.28. The normalized spacial score (nSPS) is 11.4. The number of methoxy groups -OCH3 is 1. The van der Waals surface area contributed by atoms with E-state index in [-0.39, 0.29) is 11.2 Å². The number of hydrogen-bond donors (Lipinski definition) is 0. The molecule has 0 saturated carbocycles. The van der Waals surface area contributed by atoms with E-state index in [2.05, 4.69) is 9.97 Å². The molecule has 0 saturated heterocycles. The average molecular weight is 349 g/mol. The molecule has 0 aliphatic heterocycles. The molecule has 0 aliphatic carbocycles. The minimum absolute atomic E-state index is 0.0529. The maximum Gasteiger partial charge on any atom is 0.222 e. The van der Waals surface area contributed by atoms with Gasteiger partial charge in [-0.25, -0.2) is 4.98 Å². The minimum Gasteiger partial charge on any atom is -0.437 e. The number of benzene rings is 1. The van der Waals surface area contributed by atoms with Crippen LogP contribution in [-0.2, 0) is 16.8 Å². The van der Waals surface area contributed by atoms with E-state index in [0.29, 0.717) is 34.6 Å². The number of ketones is 1. The Kier molecular flexibility index (Phi) is 5.57. The molecule has 1 heterocycles. The number of nitrogens with zero attached hydrogens (tertiary/aromatic N) is 2. The Labute approximate surface area is 147 Å². The third-order valence-corrected chi connectivity index (χ3v) is 3.57. The molecule has 2 aromatic rings. The lowest BCUT2D eigenvalue weighted by Gasteiger charge is -2.18. The second-order valence-corrected chi connectivity index (χ2v) is 6.91. The van der Waals surface area contributed by atoms with Crippen molar-refractivity contribution in [1.82, 2.24) is 9.97 Å². The number of ether oxygens (including phenoxy) is 2. The molecule has 0 unspecified atom stereocenters. The number of aromatic nitrogens is 2. The molecule has 1 aromatic carbocycles. The van der Waals surface area contributed by atoms with Gasteiger partial charge in [-0.3, -0.25) is 4.79 Å². The van der Waals surface area contributed by atoms with Crippen molar-refractivity contribution in [3.63, 3.8) is 0 Å². The Morgan fingerprint density at radius 1 is 1.21 bits per heavy atom. The lowest BCUT2D eigenvalue weighted by molar-refractivity contribution is 0.101. The molecule has 0 atom stereocenters. The van der Waals surface area contributed by atoms with E-state index in [1.54, 1.807) is 31.4 Å². The molecule has 24 heavy (non-hydrogen) atoms. The van der Waals surface area contributed by atoms with Crippen molar-refractivity contribution >= 4 is 17.4 Å². The highest BCUT2D eigenvalue weighted by Gasteiger charge is 2.20. The quantitative estimate of drug-likeness (QED) is 0.741. The van der Waals surface area contributed by atoms with Crippen LogP contribution in [0.4, 0.5) is 0 Å². The minimum atomic E-state index is -0.232. The molecule has 2 rings (SSSR count). The fraction of sp³-hybridized carbons (Fsp3) is 0.389. The van der Waals surface area contributed by atoms with Crippen LogP contribution in [0.3, 0.4) is 0 Å². The highest BCUT2D eigenvalue weighted by Crippen LogP contribution is 2.31. The molecular formula is C18H21ClN2O3. The van der Waals surface area contributed by atoms with Crippen LogP contribution >= 0.6 is 11.6 Å². The summed E-state index contributed by atoms with van der Waals surface area (Å²) in [7, 11) is 1.61. The van der Waals surface area contributed by atoms with Gasteiger partial charge in [-0.05, 0) is 25.1 Å². The number of Topliss-reactive ketones (excluding diaryl/α,β-unsaturated/α-hetero) is 1. The molecule has 0 aliphatic rings. The predicted molar refractivity (Wildman–Crippen MR) is 93.0 cm³/mol. The Hall–Kier alpha value is -1.98.